The molecule has 12 heteroatoms. The third kappa shape index (κ3) is 6.33. The maximum absolute atomic E-state index is 13.6. The summed E-state index contributed by atoms with van der Waals surface area (Å²) in [4.78, 5) is 29.0. The van der Waals surface area contributed by atoms with Crippen LogP contribution in [0, 0.1) is 5.82 Å². The van der Waals surface area contributed by atoms with E-state index in [1.165, 1.54) is 55.5 Å². The topological polar surface area (TPSA) is 71.1 Å². The van der Waals surface area contributed by atoms with Gasteiger partial charge in [0, 0.05) is 12.2 Å². The van der Waals surface area contributed by atoms with Crippen LogP contribution in [0.1, 0.15) is 17.5 Å². The molecule has 40 heavy (non-hydrogen) atoms. The minimum absolute atomic E-state index is 0.0237. The Morgan fingerprint density at radius 3 is 2.35 bits per heavy atom. The van der Waals surface area contributed by atoms with Crippen molar-refractivity contribution in [3.8, 4) is 11.5 Å². The third-order valence-electron chi connectivity index (χ3n) is 6.35. The number of thiocarbonyl (C=S) groups is 1. The van der Waals surface area contributed by atoms with Crippen LogP contribution >= 0.6 is 12.2 Å². The Hall–Kier alpha value is -4.19. The standard InChI is InChI=1S/C28H25F4N3O4S/c1-38-23-11-6-17(14-24(23)39-2)12-13-34-22(16-25(36)33-20-9-7-19(29)8-10-20)26(37)35(27(34)40)21-5-3-4-18(15-21)28(30,31)32/h3-11,14-15,22H,12-13,16H2,1-2H3,(H,33,36). The van der Waals surface area contributed by atoms with E-state index in [1.54, 1.807) is 12.1 Å². The zero-order valence-corrected chi connectivity index (χ0v) is 22.3. The molecular formula is C28H25F4N3O4S. The number of benzene rings is 3. The Kier molecular flexibility index (Phi) is 8.58. The zero-order chi connectivity index (χ0) is 29.0. The van der Waals surface area contributed by atoms with Crippen molar-refractivity contribution in [2.24, 2.45) is 0 Å². The van der Waals surface area contributed by atoms with Crippen molar-refractivity contribution < 1.29 is 36.6 Å². The number of anilines is 2. The van der Waals surface area contributed by atoms with Gasteiger partial charge in [0.1, 0.15) is 11.9 Å². The summed E-state index contributed by atoms with van der Waals surface area (Å²) in [6, 6.07) is 13.6. The van der Waals surface area contributed by atoms with Crippen molar-refractivity contribution >= 4 is 40.5 Å². The van der Waals surface area contributed by atoms with Gasteiger partial charge in [-0.15, -0.1) is 0 Å². The molecule has 0 aliphatic carbocycles. The van der Waals surface area contributed by atoms with Crippen molar-refractivity contribution in [2.45, 2.75) is 25.1 Å². The fourth-order valence-corrected chi connectivity index (χ4v) is 4.77. The van der Waals surface area contributed by atoms with Gasteiger partial charge in [0.2, 0.25) is 5.91 Å². The Labute approximate surface area is 233 Å². The van der Waals surface area contributed by atoms with Crippen molar-refractivity contribution in [1.82, 2.24) is 4.90 Å². The Morgan fingerprint density at radius 2 is 1.70 bits per heavy atom. The van der Waals surface area contributed by atoms with Crippen molar-refractivity contribution in [3.63, 3.8) is 0 Å². The first-order valence-corrected chi connectivity index (χ1v) is 12.5. The number of alkyl halides is 3. The molecular weight excluding hydrogens is 550 g/mol. The molecule has 1 unspecified atom stereocenters. The quantitative estimate of drug-likeness (QED) is 0.271. The average Bonchev–Trinajstić information content (AvgIpc) is 3.16. The Morgan fingerprint density at radius 1 is 1.00 bits per heavy atom. The lowest BCUT2D eigenvalue weighted by molar-refractivity contribution is -0.137. The molecule has 0 radical (unpaired) electrons. The van der Waals surface area contributed by atoms with Crippen LogP contribution in [-0.4, -0.2) is 48.6 Å². The number of methoxy groups -OCH3 is 2. The smallest absolute Gasteiger partial charge is 0.416 e. The number of nitrogens with zero attached hydrogens (tertiary/aromatic N) is 2. The summed E-state index contributed by atoms with van der Waals surface area (Å²) in [5.74, 6) is -0.627. The van der Waals surface area contributed by atoms with Gasteiger partial charge < -0.3 is 19.7 Å². The first kappa shape index (κ1) is 28.8. The third-order valence-corrected chi connectivity index (χ3v) is 6.76. The highest BCUT2D eigenvalue weighted by Gasteiger charge is 2.44. The van der Waals surface area contributed by atoms with Gasteiger partial charge in [0.15, 0.2) is 16.6 Å². The number of hydrogen-bond acceptors (Lipinski definition) is 5. The molecule has 1 N–H and O–H groups in total. The first-order valence-electron chi connectivity index (χ1n) is 12.1. The molecule has 3 aromatic rings. The van der Waals surface area contributed by atoms with E-state index in [4.69, 9.17) is 21.7 Å². The number of ether oxygens (including phenoxy) is 2. The highest BCUT2D eigenvalue weighted by atomic mass is 32.1. The number of rotatable bonds is 9. The lowest BCUT2D eigenvalue weighted by atomic mass is 10.1. The molecule has 0 bridgehead atoms. The van der Waals surface area contributed by atoms with Crippen molar-refractivity contribution in [3.05, 3.63) is 83.7 Å². The van der Waals surface area contributed by atoms with Gasteiger partial charge in [-0.2, -0.15) is 13.2 Å². The highest BCUT2D eigenvalue weighted by Crippen LogP contribution is 2.34. The molecule has 0 aromatic heterocycles. The number of nitrogens with one attached hydrogen (secondary N) is 1. The summed E-state index contributed by atoms with van der Waals surface area (Å²) in [5.41, 5.74) is 0.156. The van der Waals surface area contributed by atoms with Crippen LogP contribution in [-0.2, 0) is 22.2 Å². The molecule has 1 heterocycles. The van der Waals surface area contributed by atoms with Crippen LogP contribution in [0.4, 0.5) is 28.9 Å². The van der Waals surface area contributed by atoms with Crippen LogP contribution < -0.4 is 19.7 Å². The number of carbonyl (C=O) groups is 2. The molecule has 1 fully saturated rings. The summed E-state index contributed by atoms with van der Waals surface area (Å²) in [5, 5.41) is 2.59. The van der Waals surface area contributed by atoms with E-state index in [1.807, 2.05) is 6.07 Å². The van der Waals surface area contributed by atoms with Gasteiger partial charge in [-0.3, -0.25) is 14.5 Å². The fraction of sp³-hybridized carbons (Fsp3) is 0.250. The highest BCUT2D eigenvalue weighted by molar-refractivity contribution is 7.80. The number of hydrogen-bond donors (Lipinski definition) is 1. The van der Waals surface area contributed by atoms with Crippen molar-refractivity contribution in [1.29, 1.82) is 0 Å². The van der Waals surface area contributed by atoms with E-state index in [0.717, 1.165) is 22.6 Å². The second-order valence-corrected chi connectivity index (χ2v) is 9.28. The minimum Gasteiger partial charge on any atom is -0.493 e. The average molecular weight is 576 g/mol. The summed E-state index contributed by atoms with van der Waals surface area (Å²) < 4.78 is 64.0. The molecule has 7 nitrogen and oxygen atoms in total. The van der Waals surface area contributed by atoms with E-state index in [0.29, 0.717) is 23.6 Å². The largest absolute Gasteiger partial charge is 0.493 e. The maximum atomic E-state index is 13.6. The van der Waals surface area contributed by atoms with Gasteiger partial charge in [-0.05, 0) is 78.8 Å². The predicted molar refractivity (Wildman–Crippen MR) is 145 cm³/mol. The lowest BCUT2D eigenvalue weighted by Crippen LogP contribution is -2.39. The Bertz CT molecular complexity index is 1420. The molecule has 0 saturated carbocycles. The molecule has 1 aliphatic heterocycles. The first-order chi connectivity index (χ1) is 19.0. The molecule has 2 amide bonds. The van der Waals surface area contributed by atoms with Crippen LogP contribution in [0.2, 0.25) is 0 Å². The summed E-state index contributed by atoms with van der Waals surface area (Å²) in [6.07, 6.45) is -4.58. The van der Waals surface area contributed by atoms with E-state index in [-0.39, 0.29) is 23.8 Å². The van der Waals surface area contributed by atoms with E-state index in [2.05, 4.69) is 5.32 Å². The maximum Gasteiger partial charge on any atom is 0.416 e. The lowest BCUT2D eigenvalue weighted by Gasteiger charge is -2.24. The van der Waals surface area contributed by atoms with E-state index >= 15 is 0 Å². The van der Waals surface area contributed by atoms with Gasteiger partial charge >= 0.3 is 6.18 Å². The van der Waals surface area contributed by atoms with Crippen LogP contribution in [0.5, 0.6) is 11.5 Å². The van der Waals surface area contributed by atoms with Gasteiger partial charge in [0.05, 0.1) is 31.9 Å². The second-order valence-electron chi connectivity index (χ2n) is 8.91. The molecule has 210 valence electrons. The molecule has 1 aliphatic rings. The van der Waals surface area contributed by atoms with Gasteiger partial charge in [0.25, 0.3) is 5.91 Å². The zero-order valence-electron chi connectivity index (χ0n) is 21.5. The minimum atomic E-state index is -4.62. The molecule has 1 atom stereocenters. The van der Waals surface area contributed by atoms with Gasteiger partial charge in [-0.25, -0.2) is 4.39 Å². The van der Waals surface area contributed by atoms with Gasteiger partial charge in [-0.1, -0.05) is 12.1 Å². The molecule has 1 saturated heterocycles. The fourth-order valence-electron chi connectivity index (χ4n) is 4.35. The normalized spacial score (nSPS) is 15.4. The Balaban J connectivity index is 1.61. The number of carbonyl (C=O) groups excluding carboxylic acids is 2. The molecule has 0 spiro atoms. The summed E-state index contributed by atoms with van der Waals surface area (Å²) >= 11 is 5.57. The van der Waals surface area contributed by atoms with Crippen LogP contribution in [0.3, 0.4) is 0 Å². The summed E-state index contributed by atoms with van der Waals surface area (Å²) in [6.45, 7) is 0.185. The number of halogens is 4. The van der Waals surface area contributed by atoms with Crippen LogP contribution in [0.25, 0.3) is 0 Å². The van der Waals surface area contributed by atoms with E-state index in [9.17, 15) is 27.2 Å². The SMILES string of the molecule is COc1ccc(CCN2C(=S)N(c3cccc(C(F)(F)F)c3)C(=O)C2CC(=O)Nc2ccc(F)cc2)cc1OC. The molecule has 4 rings (SSSR count). The summed E-state index contributed by atoms with van der Waals surface area (Å²) in [7, 11) is 3.01. The predicted octanol–water partition coefficient (Wildman–Crippen LogP) is 5.44. The number of amides is 2. The monoisotopic (exact) mass is 575 g/mol. The van der Waals surface area contributed by atoms with Crippen molar-refractivity contribution in [2.75, 3.05) is 31.0 Å². The second kappa shape index (κ2) is 11.9. The molecule has 3 aromatic carbocycles. The van der Waals surface area contributed by atoms with Crippen LogP contribution in [0.15, 0.2) is 66.7 Å². The van der Waals surface area contributed by atoms with E-state index < -0.39 is 35.4 Å².